The van der Waals surface area contributed by atoms with E-state index in [1.54, 1.807) is 42.5 Å². The van der Waals surface area contributed by atoms with Crippen LogP contribution in [0.25, 0.3) is 22.0 Å². The van der Waals surface area contributed by atoms with Gasteiger partial charge in [-0.2, -0.15) is 0 Å². The van der Waals surface area contributed by atoms with Crippen molar-refractivity contribution < 1.29 is 19.8 Å². The summed E-state index contributed by atoms with van der Waals surface area (Å²) in [5, 5.41) is 23.3. The Morgan fingerprint density at radius 1 is 1.03 bits per heavy atom. The molecule has 1 aromatic heterocycles. The van der Waals surface area contributed by atoms with Crippen LogP contribution in [0, 0.1) is 11.8 Å². The summed E-state index contributed by atoms with van der Waals surface area (Å²) >= 11 is 0. The highest BCUT2D eigenvalue weighted by atomic mass is 16.4. The molecule has 0 saturated carbocycles. The summed E-state index contributed by atoms with van der Waals surface area (Å²) in [5.41, 5.74) is 4.58. The summed E-state index contributed by atoms with van der Waals surface area (Å²) in [7, 11) is 0. The first kappa shape index (κ1) is 21.7. The van der Waals surface area contributed by atoms with E-state index < -0.39 is 5.97 Å². The van der Waals surface area contributed by atoms with E-state index in [-0.39, 0.29) is 17.2 Å². The minimum Gasteiger partial charge on any atom is -0.508 e. The lowest BCUT2D eigenvalue weighted by Crippen LogP contribution is -2.22. The molecule has 0 fully saturated rings. The van der Waals surface area contributed by atoms with Crippen molar-refractivity contribution in [3.8, 4) is 28.7 Å². The molecule has 0 atom stereocenters. The third-order valence-corrected chi connectivity index (χ3v) is 5.31. The molecule has 4 rings (SSSR count). The molecule has 0 aliphatic heterocycles. The number of phenols is 1. The Morgan fingerprint density at radius 3 is 2.61 bits per heavy atom. The number of H-pyrrole nitrogens is 1. The number of nitrogens with one attached hydrogen (secondary N) is 2. The number of carboxylic acids is 1. The predicted octanol–water partition coefficient (Wildman–Crippen LogP) is 4.32. The van der Waals surface area contributed by atoms with Gasteiger partial charge in [0.1, 0.15) is 5.75 Å². The molecule has 6 heteroatoms. The number of aromatic amines is 1. The first-order valence-corrected chi connectivity index (χ1v) is 10.4. The Balaban J connectivity index is 1.76. The van der Waals surface area contributed by atoms with Crippen LogP contribution in [0.5, 0.6) is 5.75 Å². The monoisotopic (exact) mass is 438 g/mol. The molecule has 0 spiro atoms. The van der Waals surface area contributed by atoms with Crippen molar-refractivity contribution in [3.63, 3.8) is 0 Å². The summed E-state index contributed by atoms with van der Waals surface area (Å²) < 4.78 is 0. The molecule has 0 aliphatic carbocycles. The molecule has 33 heavy (non-hydrogen) atoms. The van der Waals surface area contributed by atoms with Gasteiger partial charge in [0, 0.05) is 47.3 Å². The van der Waals surface area contributed by atoms with Crippen LogP contribution in [-0.4, -0.2) is 33.6 Å². The van der Waals surface area contributed by atoms with E-state index in [0.717, 1.165) is 22.0 Å². The number of carboxylic acid groups (broad SMARTS) is 1. The topological polar surface area (TPSA) is 102 Å². The van der Waals surface area contributed by atoms with Gasteiger partial charge in [-0.3, -0.25) is 4.79 Å². The zero-order chi connectivity index (χ0) is 23.4. The quantitative estimate of drug-likeness (QED) is 0.349. The van der Waals surface area contributed by atoms with E-state index in [9.17, 15) is 19.8 Å². The van der Waals surface area contributed by atoms with Crippen LogP contribution in [0.2, 0.25) is 0 Å². The molecule has 1 amide bonds. The van der Waals surface area contributed by atoms with Crippen LogP contribution in [0.1, 0.15) is 34.0 Å². The van der Waals surface area contributed by atoms with Crippen molar-refractivity contribution in [2.24, 2.45) is 0 Å². The first-order chi connectivity index (χ1) is 15.9. The molecule has 1 heterocycles. The third kappa shape index (κ3) is 4.89. The molecule has 4 aromatic rings. The van der Waals surface area contributed by atoms with Gasteiger partial charge in [-0.05, 0) is 53.9 Å². The van der Waals surface area contributed by atoms with Crippen molar-refractivity contribution >= 4 is 22.8 Å². The Bertz CT molecular complexity index is 1420. The summed E-state index contributed by atoms with van der Waals surface area (Å²) in [4.78, 5) is 26.4. The van der Waals surface area contributed by atoms with Gasteiger partial charge in [0.25, 0.3) is 0 Å². The minimum atomic E-state index is -1.03. The number of aromatic hydroxyl groups is 1. The average Bonchev–Trinajstić information content (AvgIpc) is 3.19. The van der Waals surface area contributed by atoms with E-state index in [4.69, 9.17) is 0 Å². The molecule has 0 unspecified atom stereocenters. The Labute approximate surface area is 190 Å². The fraction of sp³-hybridized carbons (Fsp3) is 0.111. The van der Waals surface area contributed by atoms with Crippen LogP contribution >= 0.6 is 0 Å². The number of hydrogen-bond donors (Lipinski definition) is 4. The number of aromatic carboxylic acids is 1. The molecule has 6 nitrogen and oxygen atoms in total. The smallest absolute Gasteiger partial charge is 0.336 e. The number of carbonyl (C=O) groups is 2. The molecule has 4 N–H and O–H groups in total. The summed E-state index contributed by atoms with van der Waals surface area (Å²) in [6.07, 6.45) is 2.59. The summed E-state index contributed by atoms with van der Waals surface area (Å²) in [5.74, 6) is 5.09. The maximum absolute atomic E-state index is 12.0. The zero-order valence-corrected chi connectivity index (χ0v) is 18.0. The number of benzene rings is 3. The fourth-order valence-electron chi connectivity index (χ4n) is 3.79. The molecule has 0 aliphatic rings. The number of carbonyl (C=O) groups excluding carboxylic acids is 1. The normalized spacial score (nSPS) is 10.5. The Hall–Kier alpha value is -4.50. The second-order valence-corrected chi connectivity index (χ2v) is 7.64. The molecule has 0 saturated heterocycles. The molecule has 3 aromatic carbocycles. The number of rotatable bonds is 5. The highest BCUT2D eigenvalue weighted by Gasteiger charge is 2.16. The van der Waals surface area contributed by atoms with Gasteiger partial charge in [-0.25, -0.2) is 4.79 Å². The van der Waals surface area contributed by atoms with E-state index in [1.165, 1.54) is 6.92 Å². The van der Waals surface area contributed by atoms with Crippen LogP contribution in [0.3, 0.4) is 0 Å². The number of fused-ring (bicyclic) bond motifs is 1. The molecule has 0 radical (unpaired) electrons. The molecule has 0 bridgehead atoms. The number of phenolic OH excluding ortho intramolecular Hbond substituents is 1. The van der Waals surface area contributed by atoms with Gasteiger partial charge in [-0.1, -0.05) is 36.1 Å². The fourth-order valence-corrected chi connectivity index (χ4v) is 3.79. The van der Waals surface area contributed by atoms with E-state index >= 15 is 0 Å². The van der Waals surface area contributed by atoms with E-state index in [2.05, 4.69) is 22.1 Å². The number of hydrogen-bond acceptors (Lipinski definition) is 3. The molecule has 164 valence electrons. The third-order valence-electron chi connectivity index (χ3n) is 5.31. The van der Waals surface area contributed by atoms with Gasteiger partial charge >= 0.3 is 5.97 Å². The number of amides is 1. The Morgan fingerprint density at radius 2 is 1.85 bits per heavy atom. The SMILES string of the molecule is CC(=O)NCCc1c[nH]c2cc(-c3c(C#Cc4cccc(O)c4)cccc3C(=O)O)ccc12. The van der Waals surface area contributed by atoms with Gasteiger partial charge in [-0.15, -0.1) is 0 Å². The lowest BCUT2D eigenvalue weighted by atomic mass is 9.93. The van der Waals surface area contributed by atoms with Gasteiger partial charge < -0.3 is 20.5 Å². The van der Waals surface area contributed by atoms with E-state index in [0.29, 0.717) is 29.7 Å². The first-order valence-electron chi connectivity index (χ1n) is 10.4. The maximum atomic E-state index is 12.0. The zero-order valence-electron chi connectivity index (χ0n) is 18.0. The highest BCUT2D eigenvalue weighted by Crippen LogP contribution is 2.31. The van der Waals surface area contributed by atoms with Crippen molar-refractivity contribution in [1.82, 2.24) is 10.3 Å². The number of aromatic nitrogens is 1. The maximum Gasteiger partial charge on any atom is 0.336 e. The molecular weight excluding hydrogens is 416 g/mol. The van der Waals surface area contributed by atoms with Crippen LogP contribution in [-0.2, 0) is 11.2 Å². The van der Waals surface area contributed by atoms with Gasteiger partial charge in [0.05, 0.1) is 5.56 Å². The lowest BCUT2D eigenvalue weighted by molar-refractivity contribution is -0.118. The lowest BCUT2D eigenvalue weighted by Gasteiger charge is -2.10. The minimum absolute atomic E-state index is 0.0678. The second kappa shape index (κ2) is 9.33. The second-order valence-electron chi connectivity index (χ2n) is 7.64. The Kier molecular flexibility index (Phi) is 6.14. The van der Waals surface area contributed by atoms with Gasteiger partial charge in [0.15, 0.2) is 0 Å². The van der Waals surface area contributed by atoms with E-state index in [1.807, 2.05) is 24.4 Å². The summed E-state index contributed by atoms with van der Waals surface area (Å²) in [6, 6.07) is 17.4. The largest absolute Gasteiger partial charge is 0.508 e. The highest BCUT2D eigenvalue weighted by molar-refractivity contribution is 5.99. The standard InChI is InChI=1S/C27H22N2O4/c1-17(30)28-13-12-21-16-29-25-15-20(10-11-23(21)25)26-19(5-3-7-24(26)27(32)33)9-8-18-4-2-6-22(31)14-18/h2-7,10-11,14-16,29,31H,12-13H2,1H3,(H,28,30)(H,32,33). The van der Waals surface area contributed by atoms with Crippen molar-refractivity contribution in [2.75, 3.05) is 6.54 Å². The van der Waals surface area contributed by atoms with Crippen molar-refractivity contribution in [2.45, 2.75) is 13.3 Å². The van der Waals surface area contributed by atoms with Crippen molar-refractivity contribution in [1.29, 1.82) is 0 Å². The summed E-state index contributed by atoms with van der Waals surface area (Å²) in [6.45, 7) is 2.03. The predicted molar refractivity (Wildman–Crippen MR) is 127 cm³/mol. The van der Waals surface area contributed by atoms with Crippen molar-refractivity contribution in [3.05, 3.63) is 89.1 Å². The van der Waals surface area contributed by atoms with Crippen LogP contribution < -0.4 is 5.32 Å². The molecular formula is C27H22N2O4. The van der Waals surface area contributed by atoms with Gasteiger partial charge in [0.2, 0.25) is 5.91 Å². The van der Waals surface area contributed by atoms with Crippen LogP contribution in [0.4, 0.5) is 0 Å². The average molecular weight is 438 g/mol. The van der Waals surface area contributed by atoms with Crippen LogP contribution in [0.15, 0.2) is 66.9 Å².